The topological polar surface area (TPSA) is 59.8 Å². The molecular formula is C18H22N4O3. The van der Waals surface area contributed by atoms with E-state index in [4.69, 9.17) is 9.47 Å². The summed E-state index contributed by atoms with van der Waals surface area (Å²) in [6.07, 6.45) is 5.23. The van der Waals surface area contributed by atoms with Gasteiger partial charge in [-0.25, -0.2) is 4.98 Å². The van der Waals surface area contributed by atoms with Crippen molar-refractivity contribution in [2.75, 3.05) is 33.0 Å². The third-order valence-electron chi connectivity index (χ3n) is 4.86. The number of rotatable bonds is 4. The Kier molecular flexibility index (Phi) is 4.31. The lowest BCUT2D eigenvalue weighted by atomic mass is 10.1. The number of amides is 1. The monoisotopic (exact) mass is 342 g/mol. The Morgan fingerprint density at radius 3 is 2.76 bits per heavy atom. The normalized spacial score (nSPS) is 18.4. The minimum Gasteiger partial charge on any atom is -0.454 e. The average molecular weight is 342 g/mol. The summed E-state index contributed by atoms with van der Waals surface area (Å²) >= 11 is 0. The molecule has 3 heterocycles. The van der Waals surface area contributed by atoms with Gasteiger partial charge in [-0.3, -0.25) is 9.69 Å². The maximum absolute atomic E-state index is 12.6. The second-order valence-electron chi connectivity index (χ2n) is 6.47. The molecule has 132 valence electrons. The first kappa shape index (κ1) is 16.0. The first-order valence-corrected chi connectivity index (χ1v) is 8.58. The molecule has 0 bridgehead atoms. The zero-order valence-electron chi connectivity index (χ0n) is 14.3. The van der Waals surface area contributed by atoms with Gasteiger partial charge in [0.05, 0.1) is 6.33 Å². The van der Waals surface area contributed by atoms with Crippen molar-refractivity contribution < 1.29 is 14.3 Å². The molecule has 1 aromatic carbocycles. The Hall–Kier alpha value is -2.54. The van der Waals surface area contributed by atoms with E-state index in [0.29, 0.717) is 6.79 Å². The highest BCUT2D eigenvalue weighted by Crippen LogP contribution is 2.32. The van der Waals surface area contributed by atoms with Crippen molar-refractivity contribution in [3.63, 3.8) is 0 Å². The molecule has 25 heavy (non-hydrogen) atoms. The number of benzene rings is 1. The molecule has 1 fully saturated rings. The third kappa shape index (κ3) is 3.32. The summed E-state index contributed by atoms with van der Waals surface area (Å²) in [5.41, 5.74) is 1.20. The Bertz CT molecular complexity index is 739. The van der Waals surface area contributed by atoms with Crippen molar-refractivity contribution in [2.24, 2.45) is 0 Å². The number of aromatic nitrogens is 2. The van der Waals surface area contributed by atoms with Crippen molar-refractivity contribution >= 4 is 5.91 Å². The van der Waals surface area contributed by atoms with Crippen LogP contribution in [-0.2, 0) is 11.3 Å². The van der Waals surface area contributed by atoms with Crippen molar-refractivity contribution in [1.29, 1.82) is 0 Å². The largest absolute Gasteiger partial charge is 0.454 e. The number of fused-ring (bicyclic) bond motifs is 1. The SMILES string of the molecule is CC(C(=O)N1CCN(Cc2ccc3c(c2)OCO3)CC1)n1ccnc1. The second kappa shape index (κ2) is 6.76. The molecule has 2 aliphatic rings. The number of hydrogen-bond donors (Lipinski definition) is 0. The number of carbonyl (C=O) groups is 1. The number of piperazine rings is 1. The van der Waals surface area contributed by atoms with E-state index in [2.05, 4.69) is 16.0 Å². The van der Waals surface area contributed by atoms with Crippen LogP contribution in [0.5, 0.6) is 11.5 Å². The summed E-state index contributed by atoms with van der Waals surface area (Å²) in [5, 5.41) is 0. The molecular weight excluding hydrogens is 320 g/mol. The smallest absolute Gasteiger partial charge is 0.245 e. The molecule has 0 saturated carbocycles. The fourth-order valence-corrected chi connectivity index (χ4v) is 3.31. The van der Waals surface area contributed by atoms with Crippen molar-refractivity contribution in [1.82, 2.24) is 19.4 Å². The highest BCUT2D eigenvalue weighted by atomic mass is 16.7. The number of imidazole rings is 1. The van der Waals surface area contributed by atoms with Gasteiger partial charge in [-0.1, -0.05) is 6.07 Å². The van der Waals surface area contributed by atoms with Gasteiger partial charge in [-0.2, -0.15) is 0 Å². The van der Waals surface area contributed by atoms with Gasteiger partial charge in [-0.05, 0) is 24.6 Å². The number of hydrogen-bond acceptors (Lipinski definition) is 5. The van der Waals surface area contributed by atoms with Crippen LogP contribution < -0.4 is 9.47 Å². The van der Waals surface area contributed by atoms with Crippen LogP contribution in [0.4, 0.5) is 0 Å². The van der Waals surface area contributed by atoms with Gasteiger partial charge in [-0.15, -0.1) is 0 Å². The summed E-state index contributed by atoms with van der Waals surface area (Å²) in [6, 6.07) is 5.88. The Morgan fingerprint density at radius 2 is 2.00 bits per heavy atom. The third-order valence-corrected chi connectivity index (χ3v) is 4.86. The maximum Gasteiger partial charge on any atom is 0.245 e. The van der Waals surface area contributed by atoms with Gasteiger partial charge >= 0.3 is 0 Å². The Morgan fingerprint density at radius 1 is 1.20 bits per heavy atom. The van der Waals surface area contributed by atoms with Crippen LogP contribution in [0.25, 0.3) is 0 Å². The van der Waals surface area contributed by atoms with Gasteiger partial charge in [0.25, 0.3) is 0 Å². The second-order valence-corrected chi connectivity index (χ2v) is 6.47. The van der Waals surface area contributed by atoms with Gasteiger partial charge < -0.3 is 18.9 Å². The lowest BCUT2D eigenvalue weighted by Gasteiger charge is -2.36. The molecule has 7 nitrogen and oxygen atoms in total. The fraction of sp³-hybridized carbons (Fsp3) is 0.444. The first-order valence-electron chi connectivity index (χ1n) is 8.58. The van der Waals surface area contributed by atoms with Crippen LogP contribution in [-0.4, -0.2) is 58.2 Å². The van der Waals surface area contributed by atoms with E-state index in [1.807, 2.05) is 34.7 Å². The standard InChI is InChI=1S/C18H22N4O3/c1-14(22-5-4-19-12-22)18(23)21-8-6-20(7-9-21)11-15-2-3-16-17(10-15)25-13-24-16/h2-5,10,12,14H,6-9,11,13H2,1H3. The summed E-state index contributed by atoms with van der Waals surface area (Å²) < 4.78 is 12.6. The van der Waals surface area contributed by atoms with Gasteiger partial charge in [0.2, 0.25) is 12.7 Å². The molecule has 7 heteroatoms. The highest BCUT2D eigenvalue weighted by molar-refractivity contribution is 5.80. The molecule has 2 aliphatic heterocycles. The summed E-state index contributed by atoms with van der Waals surface area (Å²) in [7, 11) is 0. The van der Waals surface area contributed by atoms with E-state index in [-0.39, 0.29) is 11.9 Å². The molecule has 0 spiro atoms. The van der Waals surface area contributed by atoms with Gasteiger partial charge in [0.15, 0.2) is 11.5 Å². The fourth-order valence-electron chi connectivity index (χ4n) is 3.31. The average Bonchev–Trinajstić information content (AvgIpc) is 3.32. The predicted octanol–water partition coefficient (Wildman–Crippen LogP) is 1.52. The first-order chi connectivity index (χ1) is 12.2. The van der Waals surface area contributed by atoms with Crippen molar-refractivity contribution in [2.45, 2.75) is 19.5 Å². The molecule has 0 N–H and O–H groups in total. The molecule has 1 amide bonds. The van der Waals surface area contributed by atoms with E-state index in [1.165, 1.54) is 5.56 Å². The van der Waals surface area contributed by atoms with Gasteiger partial charge in [0, 0.05) is 45.1 Å². The van der Waals surface area contributed by atoms with Crippen LogP contribution >= 0.6 is 0 Å². The van der Waals surface area contributed by atoms with Crippen LogP contribution in [0.15, 0.2) is 36.9 Å². The number of ether oxygens (including phenoxy) is 2. The van der Waals surface area contributed by atoms with Crippen molar-refractivity contribution in [3.8, 4) is 11.5 Å². The minimum absolute atomic E-state index is 0.153. The van der Waals surface area contributed by atoms with E-state index < -0.39 is 0 Å². The quantitative estimate of drug-likeness (QED) is 0.843. The zero-order valence-corrected chi connectivity index (χ0v) is 14.3. The molecule has 0 radical (unpaired) electrons. The van der Waals surface area contributed by atoms with Crippen LogP contribution in [0.1, 0.15) is 18.5 Å². The number of carbonyl (C=O) groups excluding carboxylic acids is 1. The Labute approximate surface area is 146 Å². The molecule has 4 rings (SSSR count). The van der Waals surface area contributed by atoms with E-state index in [1.54, 1.807) is 12.5 Å². The highest BCUT2D eigenvalue weighted by Gasteiger charge is 2.26. The summed E-state index contributed by atoms with van der Waals surface area (Å²) in [5.74, 6) is 1.79. The minimum atomic E-state index is -0.206. The lowest BCUT2D eigenvalue weighted by molar-refractivity contribution is -0.136. The van der Waals surface area contributed by atoms with Gasteiger partial charge in [0.1, 0.15) is 6.04 Å². The van der Waals surface area contributed by atoms with Crippen molar-refractivity contribution in [3.05, 3.63) is 42.5 Å². The molecule has 2 aromatic rings. The van der Waals surface area contributed by atoms with Crippen LogP contribution in [0, 0.1) is 0 Å². The lowest BCUT2D eigenvalue weighted by Crippen LogP contribution is -2.49. The molecule has 1 saturated heterocycles. The molecule has 0 aliphatic carbocycles. The molecule has 1 unspecified atom stereocenters. The predicted molar refractivity (Wildman–Crippen MR) is 91.4 cm³/mol. The van der Waals surface area contributed by atoms with Crippen LogP contribution in [0.2, 0.25) is 0 Å². The molecule has 1 aromatic heterocycles. The van der Waals surface area contributed by atoms with E-state index in [0.717, 1.165) is 44.2 Å². The zero-order chi connectivity index (χ0) is 17.2. The Balaban J connectivity index is 1.31. The molecule has 1 atom stereocenters. The van der Waals surface area contributed by atoms with E-state index in [9.17, 15) is 4.79 Å². The number of nitrogens with zero attached hydrogens (tertiary/aromatic N) is 4. The summed E-state index contributed by atoms with van der Waals surface area (Å²) in [6.45, 7) is 6.33. The summed E-state index contributed by atoms with van der Waals surface area (Å²) in [4.78, 5) is 20.9. The van der Waals surface area contributed by atoms with Crippen LogP contribution in [0.3, 0.4) is 0 Å². The van der Waals surface area contributed by atoms with E-state index >= 15 is 0 Å². The maximum atomic E-state index is 12.6.